The van der Waals surface area contributed by atoms with Gasteiger partial charge in [-0.2, -0.15) is 0 Å². The maximum atomic E-state index is 5.52. The monoisotopic (exact) mass is 203 g/mol. The number of rotatable bonds is 3. The topological polar surface area (TPSA) is 25.2 Å². The summed E-state index contributed by atoms with van der Waals surface area (Å²) in [5.74, 6) is 0. The zero-order chi connectivity index (χ0) is 10.8. The minimum absolute atomic E-state index is 0.500. The predicted molar refractivity (Wildman–Crippen MR) is 62.9 cm³/mol. The Labute approximate surface area is 90.3 Å². The molecule has 1 N–H and O–H groups in total. The first kappa shape index (κ1) is 10.2. The number of fused-ring (bicyclic) bond motifs is 1. The third-order valence-corrected chi connectivity index (χ3v) is 2.51. The minimum Gasteiger partial charge on any atom is -0.464 e. The van der Waals surface area contributed by atoms with Gasteiger partial charge < -0.3 is 9.73 Å². The molecule has 0 aliphatic rings. The van der Waals surface area contributed by atoms with E-state index in [4.69, 9.17) is 4.42 Å². The first-order valence-corrected chi connectivity index (χ1v) is 5.37. The summed E-state index contributed by atoms with van der Waals surface area (Å²) >= 11 is 0. The van der Waals surface area contributed by atoms with E-state index < -0.39 is 0 Å². The van der Waals surface area contributed by atoms with Crippen LogP contribution in [0.1, 0.15) is 25.0 Å². The van der Waals surface area contributed by atoms with Crippen molar-refractivity contribution in [3.8, 4) is 0 Å². The van der Waals surface area contributed by atoms with Crippen LogP contribution < -0.4 is 5.32 Å². The standard InChI is InChI=1S/C13H17NO/c1-9(2)14-7-11-8-15-13-6-10(3)4-5-12(11)13/h4-6,8-9,14H,7H2,1-3H3. The minimum atomic E-state index is 0.500. The van der Waals surface area contributed by atoms with Gasteiger partial charge in [-0.25, -0.2) is 0 Å². The van der Waals surface area contributed by atoms with E-state index in [9.17, 15) is 0 Å². The van der Waals surface area contributed by atoms with E-state index in [1.165, 1.54) is 16.5 Å². The van der Waals surface area contributed by atoms with Crippen molar-refractivity contribution in [2.24, 2.45) is 0 Å². The van der Waals surface area contributed by atoms with Crippen molar-refractivity contribution in [2.75, 3.05) is 0 Å². The molecule has 2 nitrogen and oxygen atoms in total. The van der Waals surface area contributed by atoms with E-state index in [1.54, 1.807) is 0 Å². The van der Waals surface area contributed by atoms with Gasteiger partial charge in [0, 0.05) is 23.5 Å². The number of furan rings is 1. The van der Waals surface area contributed by atoms with Crippen LogP contribution in [0.3, 0.4) is 0 Å². The average molecular weight is 203 g/mol. The summed E-state index contributed by atoms with van der Waals surface area (Å²) in [6, 6.07) is 6.83. The Morgan fingerprint density at radius 3 is 2.87 bits per heavy atom. The number of hydrogen-bond donors (Lipinski definition) is 1. The maximum Gasteiger partial charge on any atom is 0.134 e. The van der Waals surface area contributed by atoms with Gasteiger partial charge in [-0.1, -0.05) is 26.0 Å². The van der Waals surface area contributed by atoms with Crippen LogP contribution in [0.15, 0.2) is 28.9 Å². The third-order valence-electron chi connectivity index (χ3n) is 2.51. The van der Waals surface area contributed by atoms with Crippen molar-refractivity contribution in [2.45, 2.75) is 33.4 Å². The molecule has 80 valence electrons. The van der Waals surface area contributed by atoms with E-state index in [-0.39, 0.29) is 0 Å². The van der Waals surface area contributed by atoms with E-state index in [1.807, 2.05) is 6.26 Å². The Morgan fingerprint density at radius 2 is 2.13 bits per heavy atom. The Bertz CT molecular complexity index is 457. The molecule has 0 bridgehead atoms. The molecular formula is C13H17NO. The third kappa shape index (κ3) is 2.21. The lowest BCUT2D eigenvalue weighted by Gasteiger charge is -2.05. The van der Waals surface area contributed by atoms with Gasteiger partial charge in [0.1, 0.15) is 5.58 Å². The van der Waals surface area contributed by atoms with Crippen molar-refractivity contribution in [3.63, 3.8) is 0 Å². The largest absolute Gasteiger partial charge is 0.464 e. The van der Waals surface area contributed by atoms with Crippen LogP contribution in [-0.4, -0.2) is 6.04 Å². The van der Waals surface area contributed by atoms with Gasteiger partial charge >= 0.3 is 0 Å². The summed E-state index contributed by atoms with van der Waals surface area (Å²) in [5.41, 5.74) is 3.45. The highest BCUT2D eigenvalue weighted by atomic mass is 16.3. The first-order chi connectivity index (χ1) is 7.16. The van der Waals surface area contributed by atoms with Gasteiger partial charge in [0.15, 0.2) is 0 Å². The van der Waals surface area contributed by atoms with Crippen molar-refractivity contribution in [1.29, 1.82) is 0 Å². The quantitative estimate of drug-likeness (QED) is 0.828. The predicted octanol–water partition coefficient (Wildman–Crippen LogP) is 3.24. The number of aryl methyl sites for hydroxylation is 1. The second-order valence-corrected chi connectivity index (χ2v) is 4.30. The summed E-state index contributed by atoms with van der Waals surface area (Å²) in [4.78, 5) is 0. The second kappa shape index (κ2) is 4.07. The molecule has 0 fully saturated rings. The SMILES string of the molecule is Cc1ccc2c(CNC(C)C)coc2c1. The summed E-state index contributed by atoms with van der Waals surface area (Å²) in [7, 11) is 0. The van der Waals surface area contributed by atoms with Crippen LogP contribution in [0, 0.1) is 6.92 Å². The molecule has 2 rings (SSSR count). The van der Waals surface area contributed by atoms with E-state index in [0.29, 0.717) is 6.04 Å². The number of nitrogens with one attached hydrogen (secondary N) is 1. The summed E-state index contributed by atoms with van der Waals surface area (Å²) in [6.07, 6.45) is 1.85. The van der Waals surface area contributed by atoms with Gasteiger partial charge in [-0.3, -0.25) is 0 Å². The highest BCUT2D eigenvalue weighted by Crippen LogP contribution is 2.22. The zero-order valence-corrected chi connectivity index (χ0v) is 9.50. The van der Waals surface area contributed by atoms with Crippen molar-refractivity contribution >= 4 is 11.0 Å². The molecule has 2 heteroatoms. The Kier molecular flexibility index (Phi) is 2.78. The van der Waals surface area contributed by atoms with E-state index >= 15 is 0 Å². The fourth-order valence-corrected chi connectivity index (χ4v) is 1.64. The molecule has 0 aliphatic heterocycles. The summed E-state index contributed by atoms with van der Waals surface area (Å²) in [5, 5.41) is 4.61. The highest BCUT2D eigenvalue weighted by Gasteiger charge is 2.05. The fraction of sp³-hybridized carbons (Fsp3) is 0.385. The van der Waals surface area contributed by atoms with E-state index in [0.717, 1.165) is 12.1 Å². The fourth-order valence-electron chi connectivity index (χ4n) is 1.64. The van der Waals surface area contributed by atoms with Crippen LogP contribution in [-0.2, 0) is 6.54 Å². The molecule has 0 amide bonds. The van der Waals surface area contributed by atoms with E-state index in [2.05, 4.69) is 44.3 Å². The lowest BCUT2D eigenvalue weighted by Crippen LogP contribution is -2.21. The molecular weight excluding hydrogens is 186 g/mol. The smallest absolute Gasteiger partial charge is 0.134 e. The van der Waals surface area contributed by atoms with Crippen molar-refractivity contribution in [3.05, 3.63) is 35.6 Å². The normalized spacial score (nSPS) is 11.5. The Morgan fingerprint density at radius 1 is 1.33 bits per heavy atom. The van der Waals surface area contributed by atoms with Crippen molar-refractivity contribution in [1.82, 2.24) is 5.32 Å². The molecule has 0 saturated heterocycles. The first-order valence-electron chi connectivity index (χ1n) is 5.37. The van der Waals surface area contributed by atoms with Crippen LogP contribution in [0.2, 0.25) is 0 Å². The van der Waals surface area contributed by atoms with Crippen molar-refractivity contribution < 1.29 is 4.42 Å². The molecule has 1 aromatic carbocycles. The second-order valence-electron chi connectivity index (χ2n) is 4.30. The summed E-state index contributed by atoms with van der Waals surface area (Å²) < 4.78 is 5.52. The molecule has 0 unspecified atom stereocenters. The Hall–Kier alpha value is -1.28. The molecule has 0 aliphatic carbocycles. The number of benzene rings is 1. The maximum absolute atomic E-state index is 5.52. The van der Waals surface area contributed by atoms with Crippen LogP contribution in [0.25, 0.3) is 11.0 Å². The molecule has 1 heterocycles. The van der Waals surface area contributed by atoms with Gasteiger partial charge in [0.2, 0.25) is 0 Å². The Balaban J connectivity index is 2.29. The molecule has 0 saturated carbocycles. The molecule has 1 aromatic heterocycles. The zero-order valence-electron chi connectivity index (χ0n) is 9.50. The van der Waals surface area contributed by atoms with Crippen LogP contribution in [0.5, 0.6) is 0 Å². The van der Waals surface area contributed by atoms with Gasteiger partial charge in [0.05, 0.1) is 6.26 Å². The number of hydrogen-bond acceptors (Lipinski definition) is 2. The van der Waals surface area contributed by atoms with Crippen LogP contribution in [0.4, 0.5) is 0 Å². The average Bonchev–Trinajstić information content (AvgIpc) is 2.57. The summed E-state index contributed by atoms with van der Waals surface area (Å²) in [6.45, 7) is 7.24. The van der Waals surface area contributed by atoms with Crippen LogP contribution >= 0.6 is 0 Å². The molecule has 15 heavy (non-hydrogen) atoms. The van der Waals surface area contributed by atoms with Gasteiger partial charge in [0.25, 0.3) is 0 Å². The highest BCUT2D eigenvalue weighted by molar-refractivity contribution is 5.81. The van der Waals surface area contributed by atoms with Gasteiger partial charge in [-0.15, -0.1) is 0 Å². The molecule has 2 aromatic rings. The van der Waals surface area contributed by atoms with Gasteiger partial charge in [-0.05, 0) is 18.6 Å². The molecule has 0 radical (unpaired) electrons. The lowest BCUT2D eigenvalue weighted by atomic mass is 10.1. The lowest BCUT2D eigenvalue weighted by molar-refractivity contribution is 0.572. The molecule has 0 atom stereocenters. The molecule has 0 spiro atoms.